The van der Waals surface area contributed by atoms with Crippen molar-refractivity contribution in [3.05, 3.63) is 48.6 Å². The smallest absolute Gasteiger partial charge is 0.315 e. The van der Waals surface area contributed by atoms with Gasteiger partial charge in [0.05, 0.1) is 12.8 Å². The van der Waals surface area contributed by atoms with E-state index in [4.69, 9.17) is 9.47 Å². The molecule has 0 bridgehead atoms. The van der Waals surface area contributed by atoms with Gasteiger partial charge in [-0.2, -0.15) is 0 Å². The van der Waals surface area contributed by atoms with Gasteiger partial charge < -0.3 is 9.47 Å². The van der Waals surface area contributed by atoms with E-state index in [0.717, 1.165) is 0 Å². The van der Waals surface area contributed by atoms with Gasteiger partial charge in [0.25, 0.3) is 0 Å². The maximum atomic E-state index is 11.5. The van der Waals surface area contributed by atoms with E-state index in [2.05, 4.69) is 0 Å². The standard InChI is InChI=1S/C16H18O4/c1-3-5-10-15(17)19-13-8-7-9-14(12-13)20-16(18)11-6-4-2/h3-9,12H,10-11H2,1-2H3. The van der Waals surface area contributed by atoms with Crippen LogP contribution in [0, 0.1) is 0 Å². The van der Waals surface area contributed by atoms with Crippen LogP contribution in [0.4, 0.5) is 0 Å². The average molecular weight is 274 g/mol. The fraction of sp³-hybridized carbons (Fsp3) is 0.250. The molecule has 0 atom stereocenters. The second kappa shape index (κ2) is 8.69. The van der Waals surface area contributed by atoms with Gasteiger partial charge in [-0.1, -0.05) is 30.4 Å². The minimum absolute atomic E-state index is 0.210. The maximum absolute atomic E-state index is 11.5. The molecule has 1 rings (SSSR count). The summed E-state index contributed by atoms with van der Waals surface area (Å²) in [5, 5.41) is 0. The molecule has 0 radical (unpaired) electrons. The highest BCUT2D eigenvalue weighted by Crippen LogP contribution is 2.20. The van der Waals surface area contributed by atoms with Gasteiger partial charge in [0, 0.05) is 6.07 Å². The molecule has 0 aliphatic heterocycles. The van der Waals surface area contributed by atoms with Gasteiger partial charge in [-0.05, 0) is 26.0 Å². The molecular formula is C16H18O4. The van der Waals surface area contributed by atoms with Crippen molar-refractivity contribution in [2.75, 3.05) is 0 Å². The zero-order chi connectivity index (χ0) is 14.8. The molecule has 1 aromatic carbocycles. The van der Waals surface area contributed by atoms with Gasteiger partial charge in [-0.3, -0.25) is 9.59 Å². The first-order valence-corrected chi connectivity index (χ1v) is 6.39. The van der Waals surface area contributed by atoms with E-state index in [0.29, 0.717) is 11.5 Å². The summed E-state index contributed by atoms with van der Waals surface area (Å²) in [5.41, 5.74) is 0. The summed E-state index contributed by atoms with van der Waals surface area (Å²) in [5.74, 6) is -0.00680. The number of hydrogen-bond donors (Lipinski definition) is 0. The monoisotopic (exact) mass is 274 g/mol. The Morgan fingerprint density at radius 2 is 1.40 bits per heavy atom. The Morgan fingerprint density at radius 1 is 0.950 bits per heavy atom. The highest BCUT2D eigenvalue weighted by molar-refractivity contribution is 5.75. The van der Waals surface area contributed by atoms with Crippen LogP contribution in [0.15, 0.2) is 48.6 Å². The molecule has 0 aromatic heterocycles. The Balaban J connectivity index is 2.61. The van der Waals surface area contributed by atoms with Crippen molar-refractivity contribution in [1.29, 1.82) is 0 Å². The lowest BCUT2D eigenvalue weighted by molar-refractivity contribution is -0.133. The molecule has 4 heteroatoms. The number of allylic oxidation sites excluding steroid dienone is 2. The quantitative estimate of drug-likeness (QED) is 0.453. The van der Waals surface area contributed by atoms with Crippen molar-refractivity contribution in [3.8, 4) is 11.5 Å². The van der Waals surface area contributed by atoms with E-state index < -0.39 is 0 Å². The lowest BCUT2D eigenvalue weighted by Crippen LogP contribution is -2.08. The Labute approximate surface area is 118 Å². The average Bonchev–Trinajstić information content (AvgIpc) is 2.43. The number of carbonyl (C=O) groups is 2. The maximum Gasteiger partial charge on any atom is 0.315 e. The van der Waals surface area contributed by atoms with E-state index in [1.54, 1.807) is 42.5 Å². The van der Waals surface area contributed by atoms with E-state index in [-0.39, 0.29) is 24.8 Å². The predicted molar refractivity (Wildman–Crippen MR) is 76.6 cm³/mol. The zero-order valence-corrected chi connectivity index (χ0v) is 11.7. The summed E-state index contributed by atoms with van der Waals surface area (Å²) in [6, 6.07) is 6.45. The van der Waals surface area contributed by atoms with Crippen molar-refractivity contribution >= 4 is 11.9 Å². The van der Waals surface area contributed by atoms with E-state index >= 15 is 0 Å². The third-order valence-corrected chi connectivity index (χ3v) is 2.31. The van der Waals surface area contributed by atoms with Crippen molar-refractivity contribution < 1.29 is 19.1 Å². The SMILES string of the molecule is CC=CCC(=O)Oc1cccc(OC(=O)CC=CC)c1. The molecule has 0 saturated heterocycles. The van der Waals surface area contributed by atoms with Gasteiger partial charge in [-0.15, -0.1) is 0 Å². The largest absolute Gasteiger partial charge is 0.426 e. The summed E-state index contributed by atoms with van der Waals surface area (Å²) < 4.78 is 10.2. The minimum atomic E-state index is -0.361. The second-order valence-corrected chi connectivity index (χ2v) is 3.97. The molecule has 0 saturated carbocycles. The fourth-order valence-corrected chi connectivity index (χ4v) is 1.38. The Bertz CT molecular complexity index is 472. The summed E-state index contributed by atoms with van der Waals surface area (Å²) in [6.07, 6.45) is 7.40. The molecular weight excluding hydrogens is 256 g/mol. The summed E-state index contributed by atoms with van der Waals surface area (Å²) in [7, 11) is 0. The molecule has 0 aliphatic rings. The van der Waals surface area contributed by atoms with Crippen molar-refractivity contribution in [1.82, 2.24) is 0 Å². The van der Waals surface area contributed by atoms with E-state index in [9.17, 15) is 9.59 Å². The van der Waals surface area contributed by atoms with Crippen LogP contribution in [0.5, 0.6) is 11.5 Å². The highest BCUT2D eigenvalue weighted by atomic mass is 16.5. The third kappa shape index (κ3) is 6.00. The number of rotatable bonds is 6. The molecule has 0 unspecified atom stereocenters. The Kier molecular flexibility index (Phi) is 6.82. The highest BCUT2D eigenvalue weighted by Gasteiger charge is 2.06. The lowest BCUT2D eigenvalue weighted by Gasteiger charge is -2.06. The Morgan fingerprint density at radius 3 is 1.80 bits per heavy atom. The van der Waals surface area contributed by atoms with Crippen LogP contribution in [0.25, 0.3) is 0 Å². The number of benzene rings is 1. The molecule has 0 spiro atoms. The molecule has 20 heavy (non-hydrogen) atoms. The number of carbonyl (C=O) groups excluding carboxylic acids is 2. The Hall–Kier alpha value is -2.36. The first-order chi connectivity index (χ1) is 9.65. The van der Waals surface area contributed by atoms with Crippen molar-refractivity contribution in [3.63, 3.8) is 0 Å². The van der Waals surface area contributed by atoms with Crippen LogP contribution in [0.2, 0.25) is 0 Å². The zero-order valence-electron chi connectivity index (χ0n) is 11.7. The molecule has 0 fully saturated rings. The number of ether oxygens (including phenoxy) is 2. The first-order valence-electron chi connectivity index (χ1n) is 6.39. The second-order valence-electron chi connectivity index (χ2n) is 3.97. The molecule has 0 aliphatic carbocycles. The predicted octanol–water partition coefficient (Wildman–Crippen LogP) is 3.43. The molecule has 0 amide bonds. The molecule has 106 valence electrons. The fourth-order valence-electron chi connectivity index (χ4n) is 1.38. The molecule has 0 heterocycles. The van der Waals surface area contributed by atoms with Crippen LogP contribution in [-0.4, -0.2) is 11.9 Å². The summed E-state index contributed by atoms with van der Waals surface area (Å²) in [6.45, 7) is 3.66. The van der Waals surface area contributed by atoms with Crippen LogP contribution in [0.3, 0.4) is 0 Å². The third-order valence-electron chi connectivity index (χ3n) is 2.31. The van der Waals surface area contributed by atoms with Gasteiger partial charge >= 0.3 is 11.9 Å². The van der Waals surface area contributed by atoms with Gasteiger partial charge in [0.2, 0.25) is 0 Å². The molecule has 4 nitrogen and oxygen atoms in total. The first kappa shape index (κ1) is 15.7. The van der Waals surface area contributed by atoms with Crippen LogP contribution in [-0.2, 0) is 9.59 Å². The van der Waals surface area contributed by atoms with Gasteiger partial charge in [0.1, 0.15) is 11.5 Å². The van der Waals surface area contributed by atoms with Gasteiger partial charge in [-0.25, -0.2) is 0 Å². The normalized spacial score (nSPS) is 10.9. The van der Waals surface area contributed by atoms with Crippen molar-refractivity contribution in [2.24, 2.45) is 0 Å². The van der Waals surface area contributed by atoms with Gasteiger partial charge in [0.15, 0.2) is 0 Å². The van der Waals surface area contributed by atoms with Crippen LogP contribution < -0.4 is 9.47 Å². The minimum Gasteiger partial charge on any atom is -0.426 e. The number of esters is 2. The van der Waals surface area contributed by atoms with Crippen LogP contribution >= 0.6 is 0 Å². The molecule has 0 N–H and O–H groups in total. The molecule has 1 aromatic rings. The summed E-state index contributed by atoms with van der Waals surface area (Å²) in [4.78, 5) is 22.9. The van der Waals surface area contributed by atoms with E-state index in [1.165, 1.54) is 6.07 Å². The van der Waals surface area contributed by atoms with E-state index in [1.807, 2.05) is 13.8 Å². The summed E-state index contributed by atoms with van der Waals surface area (Å²) >= 11 is 0. The van der Waals surface area contributed by atoms with Crippen molar-refractivity contribution in [2.45, 2.75) is 26.7 Å². The number of hydrogen-bond acceptors (Lipinski definition) is 4. The topological polar surface area (TPSA) is 52.6 Å². The lowest BCUT2D eigenvalue weighted by atomic mass is 10.3. The van der Waals surface area contributed by atoms with Crippen LogP contribution in [0.1, 0.15) is 26.7 Å².